The Balaban J connectivity index is 1.27. The lowest BCUT2D eigenvalue weighted by Crippen LogP contribution is -2.59. The quantitative estimate of drug-likeness (QED) is 0.294. The van der Waals surface area contributed by atoms with Crippen LogP contribution < -0.4 is 9.46 Å². The molecule has 3 aliphatic heterocycles. The van der Waals surface area contributed by atoms with E-state index >= 15 is 0 Å². The van der Waals surface area contributed by atoms with Gasteiger partial charge in [-0.15, -0.1) is 0 Å². The van der Waals surface area contributed by atoms with E-state index in [0.717, 1.165) is 79.3 Å². The molecule has 2 saturated carbocycles. The Hall–Kier alpha value is -3.58. The second kappa shape index (κ2) is 12.3. The summed E-state index contributed by atoms with van der Waals surface area (Å²) in [6, 6.07) is 11.2. The zero-order chi connectivity index (χ0) is 35.0. The fourth-order valence-corrected chi connectivity index (χ4v) is 10.3. The van der Waals surface area contributed by atoms with E-state index in [-0.39, 0.29) is 35.4 Å². The fourth-order valence-electron chi connectivity index (χ4n) is 9.35. The number of hydrogen-bond acceptors (Lipinski definition) is 6. The van der Waals surface area contributed by atoms with Crippen molar-refractivity contribution >= 4 is 32.7 Å². The van der Waals surface area contributed by atoms with E-state index in [1.54, 1.807) is 19.2 Å². The predicted octanol–water partition coefficient (Wildman–Crippen LogP) is 6.64. The highest BCUT2D eigenvalue weighted by Gasteiger charge is 2.65. The van der Waals surface area contributed by atoms with Crippen LogP contribution in [0.2, 0.25) is 0 Å². The summed E-state index contributed by atoms with van der Waals surface area (Å²) in [4.78, 5) is 30.4. The van der Waals surface area contributed by atoms with E-state index in [0.29, 0.717) is 31.7 Å². The zero-order valence-corrected chi connectivity index (χ0v) is 28.9. The lowest BCUT2D eigenvalue weighted by atomic mass is 9.81. The number of fused-ring (bicyclic) bond motifs is 9. The number of carbonyl (C=O) groups excluding carboxylic acids is 2. The van der Waals surface area contributed by atoms with Gasteiger partial charge in [-0.3, -0.25) is 9.59 Å². The number of halogens is 3. The molecule has 3 aromatic rings. The number of nitrogens with one attached hydrogen (secondary N) is 1. The lowest BCUT2D eigenvalue weighted by Gasteiger charge is -2.47. The Morgan fingerprint density at radius 3 is 2.44 bits per heavy atom. The highest BCUT2D eigenvalue weighted by molar-refractivity contribution is 7.90. The molecule has 2 saturated heterocycles. The minimum absolute atomic E-state index is 0.0261. The molecule has 1 aromatic heterocycles. The molecule has 4 fully saturated rings. The Kier molecular flexibility index (Phi) is 8.24. The van der Waals surface area contributed by atoms with Crippen molar-refractivity contribution in [1.29, 1.82) is 0 Å². The summed E-state index contributed by atoms with van der Waals surface area (Å²) in [7, 11) is -2.90. The molecule has 9 nitrogen and oxygen atoms in total. The molecule has 5 aliphatic rings. The van der Waals surface area contributed by atoms with Crippen LogP contribution in [0.3, 0.4) is 0 Å². The molecule has 0 radical (unpaired) electrons. The summed E-state index contributed by atoms with van der Waals surface area (Å²) in [5.41, 5.74) is 4.30. The average Bonchev–Trinajstić information content (AvgIpc) is 3.76. The van der Waals surface area contributed by atoms with E-state index < -0.39 is 39.7 Å². The van der Waals surface area contributed by atoms with Gasteiger partial charge in [-0.1, -0.05) is 25.3 Å². The number of morpholine rings is 1. The van der Waals surface area contributed by atoms with Crippen molar-refractivity contribution < 1.29 is 40.7 Å². The molecule has 2 aliphatic carbocycles. The van der Waals surface area contributed by atoms with E-state index in [1.807, 2.05) is 16.9 Å². The van der Waals surface area contributed by atoms with Gasteiger partial charge >= 0.3 is 6.18 Å². The van der Waals surface area contributed by atoms with Crippen LogP contribution in [0.5, 0.6) is 5.75 Å². The van der Waals surface area contributed by atoms with E-state index in [4.69, 9.17) is 9.47 Å². The molecule has 0 spiro atoms. The lowest BCUT2D eigenvalue weighted by molar-refractivity contribution is -0.157. The van der Waals surface area contributed by atoms with Crippen LogP contribution in [0.1, 0.15) is 97.5 Å². The van der Waals surface area contributed by atoms with Crippen LogP contribution >= 0.6 is 0 Å². The predicted molar refractivity (Wildman–Crippen MR) is 181 cm³/mol. The number of benzene rings is 2. The second-order valence-corrected chi connectivity index (χ2v) is 16.7. The van der Waals surface area contributed by atoms with Crippen molar-refractivity contribution in [3.8, 4) is 17.0 Å². The normalized spacial score (nSPS) is 26.4. The minimum Gasteiger partial charge on any atom is -0.497 e. The van der Waals surface area contributed by atoms with E-state index in [1.165, 1.54) is 5.56 Å². The number of piperidine rings is 1. The molecule has 8 rings (SSSR count). The number of alkyl halides is 3. The highest BCUT2D eigenvalue weighted by Crippen LogP contribution is 2.66. The van der Waals surface area contributed by atoms with Gasteiger partial charge in [0.25, 0.3) is 5.91 Å². The fraction of sp³-hybridized carbons (Fsp3) is 0.568. The molecular weight excluding hydrogens is 671 g/mol. The number of nitrogens with zero attached hydrogens (tertiary/aromatic N) is 2. The van der Waals surface area contributed by atoms with Crippen molar-refractivity contribution in [3.05, 3.63) is 53.1 Å². The van der Waals surface area contributed by atoms with Crippen LogP contribution in [0.25, 0.3) is 22.2 Å². The number of hydrogen-bond donors (Lipinski definition) is 1. The van der Waals surface area contributed by atoms with Crippen molar-refractivity contribution in [1.82, 2.24) is 14.2 Å². The van der Waals surface area contributed by atoms with Crippen LogP contribution in [0.4, 0.5) is 13.2 Å². The number of aromatic nitrogens is 1. The number of amides is 2. The second-order valence-electron chi connectivity index (χ2n) is 14.9. The first-order chi connectivity index (χ1) is 23.9. The molecule has 1 N–H and O–H groups in total. The van der Waals surface area contributed by atoms with Crippen molar-refractivity contribution in [2.45, 2.75) is 101 Å². The number of rotatable bonds is 7. The molecule has 4 unspecified atom stereocenters. The van der Waals surface area contributed by atoms with Crippen molar-refractivity contribution in [2.24, 2.45) is 5.41 Å². The molecule has 2 aromatic carbocycles. The minimum atomic E-state index is -4.68. The molecule has 4 heterocycles. The van der Waals surface area contributed by atoms with Crippen LogP contribution in [-0.2, 0) is 26.1 Å². The molecular formula is C37H42F3N3O6S. The first kappa shape index (κ1) is 33.6. The largest absolute Gasteiger partial charge is 0.497 e. The maximum Gasteiger partial charge on any atom is 0.390 e. The van der Waals surface area contributed by atoms with Gasteiger partial charge in [-0.2, -0.15) is 13.2 Å². The summed E-state index contributed by atoms with van der Waals surface area (Å²) in [5.74, 6) is -1.17. The molecule has 50 heavy (non-hydrogen) atoms. The molecule has 13 heteroatoms. The van der Waals surface area contributed by atoms with Gasteiger partial charge in [0.1, 0.15) is 5.75 Å². The molecule has 2 amide bonds. The molecule has 268 valence electrons. The van der Waals surface area contributed by atoms with Gasteiger partial charge in [-0.05, 0) is 85.9 Å². The van der Waals surface area contributed by atoms with Gasteiger partial charge in [-0.25, -0.2) is 13.1 Å². The van der Waals surface area contributed by atoms with Crippen LogP contribution in [0.15, 0.2) is 36.4 Å². The summed E-state index contributed by atoms with van der Waals surface area (Å²) in [6.07, 6.45) is 2.65. The molecule has 4 atom stereocenters. The van der Waals surface area contributed by atoms with Crippen molar-refractivity contribution in [2.75, 3.05) is 26.1 Å². The maximum atomic E-state index is 15.0. The van der Waals surface area contributed by atoms with Gasteiger partial charge in [0.05, 0.1) is 55.7 Å². The number of sulfonamides is 1. The smallest absolute Gasteiger partial charge is 0.390 e. The summed E-state index contributed by atoms with van der Waals surface area (Å²) in [5, 5.41) is 0.940. The Morgan fingerprint density at radius 2 is 1.74 bits per heavy atom. The number of ether oxygens (including phenoxy) is 2. The first-order valence-corrected chi connectivity index (χ1v) is 19.4. The number of methoxy groups -OCH3 is 1. The van der Waals surface area contributed by atoms with Gasteiger partial charge in [0.15, 0.2) is 0 Å². The van der Waals surface area contributed by atoms with E-state index in [9.17, 15) is 31.2 Å². The standard InChI is InChI=1S/C37H42F3N3O6S/c1-48-26-11-13-27-29(17-26)30-18-36(30,35(45)43-24-8-5-9-25(43)20-49-19-24)21-42-31-16-23(34(44)41-50(46,47)15-14-37(38,39)40)10-12-28(31)32(33(27)42)22-6-3-2-4-7-22/h10-13,16-17,22,24-25,30H,2-9,14-15,18-21H2,1H3,(H,41,44). The van der Waals surface area contributed by atoms with Gasteiger partial charge < -0.3 is 18.9 Å². The highest BCUT2D eigenvalue weighted by atomic mass is 32.2. The van der Waals surface area contributed by atoms with Crippen LogP contribution in [0, 0.1) is 5.41 Å². The molecule has 2 bridgehead atoms. The summed E-state index contributed by atoms with van der Waals surface area (Å²) >= 11 is 0. The SMILES string of the molecule is COc1ccc2c(c1)C1CC1(C(=O)N1C3CCCC1COC3)Cn1c-2c(C2CCCCC2)c2ccc(C(=O)NS(=O)(=O)CCC(F)(F)F)cc21. The Morgan fingerprint density at radius 1 is 1.00 bits per heavy atom. The van der Waals surface area contributed by atoms with Crippen LogP contribution in [-0.4, -0.2) is 74.0 Å². The van der Waals surface area contributed by atoms with Gasteiger partial charge in [0, 0.05) is 34.5 Å². The summed E-state index contributed by atoms with van der Waals surface area (Å²) < 4.78 is 79.0. The van der Waals surface area contributed by atoms with E-state index in [2.05, 4.69) is 21.6 Å². The van der Waals surface area contributed by atoms with Gasteiger partial charge in [0.2, 0.25) is 15.9 Å². The third-order valence-electron chi connectivity index (χ3n) is 11.8. The maximum absolute atomic E-state index is 15.0. The third kappa shape index (κ3) is 5.78. The number of carbonyl (C=O) groups is 2. The monoisotopic (exact) mass is 713 g/mol. The summed E-state index contributed by atoms with van der Waals surface area (Å²) in [6.45, 7) is 1.44. The first-order valence-electron chi connectivity index (χ1n) is 17.8. The Bertz CT molecular complexity index is 1950. The average molecular weight is 714 g/mol. The van der Waals surface area contributed by atoms with Crippen molar-refractivity contribution in [3.63, 3.8) is 0 Å². The topological polar surface area (TPSA) is 107 Å². The Labute approximate surface area is 289 Å². The zero-order valence-electron chi connectivity index (χ0n) is 28.1. The third-order valence-corrected chi connectivity index (χ3v) is 13.1.